The maximum Gasteiger partial charge on any atom is 0.277 e. The monoisotopic (exact) mass is 365 g/mol. The average molecular weight is 365 g/mol. The molecule has 0 saturated heterocycles. The molecule has 1 amide bonds. The van der Waals surface area contributed by atoms with Gasteiger partial charge < -0.3 is 5.32 Å². The van der Waals surface area contributed by atoms with Crippen LogP contribution >= 0.6 is 0 Å². The number of aromatic nitrogens is 1. The topological polar surface area (TPSA) is 63.2 Å². The number of anilines is 2. The van der Waals surface area contributed by atoms with Gasteiger partial charge in [-0.2, -0.15) is 0 Å². The van der Waals surface area contributed by atoms with E-state index in [1.54, 1.807) is 34.7 Å². The number of nitrogens with zero attached hydrogens (tertiary/aromatic N) is 1. The van der Waals surface area contributed by atoms with Gasteiger partial charge >= 0.3 is 0 Å². The minimum atomic E-state index is -1.69. The highest BCUT2D eigenvalue weighted by atomic mass is 19.2. The van der Waals surface area contributed by atoms with Crippen molar-refractivity contribution in [2.45, 2.75) is 33.3 Å². The first-order valence-corrected chi connectivity index (χ1v) is 7.85. The lowest BCUT2D eigenvalue weighted by Gasteiger charge is -2.20. The van der Waals surface area contributed by atoms with Crippen molar-refractivity contribution in [1.29, 1.82) is 0 Å². The zero-order valence-electron chi connectivity index (χ0n) is 15.1. The summed E-state index contributed by atoms with van der Waals surface area (Å²) < 4.78 is 41.7. The average Bonchev–Trinajstić information content (AvgIpc) is 2.54. The molecule has 1 aromatic heterocycles. The van der Waals surface area contributed by atoms with Crippen LogP contribution in [0.2, 0.25) is 0 Å². The Morgan fingerprint density at radius 3 is 2.42 bits per heavy atom. The highest BCUT2D eigenvalue weighted by Gasteiger charge is 2.25. The summed E-state index contributed by atoms with van der Waals surface area (Å²) in [6.45, 7) is 6.86. The number of rotatable bonds is 4. The summed E-state index contributed by atoms with van der Waals surface area (Å²) in [7, 11) is 1.71. The molecule has 0 aliphatic carbocycles. The molecule has 9 heteroatoms. The molecule has 0 atom stereocenters. The highest BCUT2D eigenvalue weighted by Crippen LogP contribution is 2.27. The quantitative estimate of drug-likeness (QED) is 0.496. The van der Waals surface area contributed by atoms with E-state index in [1.807, 2.05) is 6.92 Å². The molecule has 0 aliphatic heterocycles. The van der Waals surface area contributed by atoms with E-state index in [9.17, 15) is 18.0 Å². The van der Waals surface area contributed by atoms with Crippen LogP contribution in [0, 0.1) is 24.4 Å². The Kier molecular flexibility index (Phi) is 5.60. The number of benzene rings is 1. The van der Waals surface area contributed by atoms with Gasteiger partial charge in [-0.3, -0.25) is 9.63 Å². The Hall–Kier alpha value is -2.55. The van der Waals surface area contributed by atoms with Crippen molar-refractivity contribution < 1.29 is 22.8 Å². The molecule has 2 aromatic rings. The molecule has 2 rings (SSSR count). The molecule has 1 heterocycles. The molecule has 0 fully saturated rings. The van der Waals surface area contributed by atoms with Crippen molar-refractivity contribution in [1.82, 2.24) is 10.5 Å². The summed E-state index contributed by atoms with van der Waals surface area (Å²) in [5.74, 6) is -5.41. The van der Waals surface area contributed by atoms with Gasteiger partial charge in [0, 0.05) is 6.20 Å². The van der Waals surface area contributed by atoms with Gasteiger partial charge in [0.25, 0.3) is 5.91 Å². The summed E-state index contributed by atoms with van der Waals surface area (Å²) >= 11 is 0. The van der Waals surface area contributed by atoms with Gasteiger partial charge in [-0.05, 0) is 44.8 Å². The van der Waals surface area contributed by atoms with Gasteiger partial charge in [0.2, 0.25) is 0 Å². The summed E-state index contributed by atoms with van der Waals surface area (Å²) in [5, 5.41) is 2.57. The molecule has 0 aliphatic rings. The zero-order chi connectivity index (χ0) is 19.6. The maximum absolute atomic E-state index is 14.3. The summed E-state index contributed by atoms with van der Waals surface area (Å²) in [6, 6.07) is 2.38. The van der Waals surface area contributed by atoms with Gasteiger partial charge in [0.15, 0.2) is 17.5 Å². The van der Waals surface area contributed by atoms with Gasteiger partial charge in [-0.15, -0.1) is 0 Å². The third-order valence-corrected chi connectivity index (χ3v) is 3.32. The standard InChI is InChI=1S/C17H19BF3N3O2/c1-8-5-10(18)15(22-7-8)23-14-9(6-11(19)12(20)13(14)21)16(25)24-26-17(2,3)4/h5-7H,18H2,1-4H3,(H,22,23)(H,24,25). The van der Waals surface area contributed by atoms with Crippen molar-refractivity contribution in [3.63, 3.8) is 0 Å². The number of nitrogens with one attached hydrogen (secondary N) is 2. The minimum Gasteiger partial charge on any atom is -0.338 e. The summed E-state index contributed by atoms with van der Waals surface area (Å²) in [6.07, 6.45) is 1.52. The van der Waals surface area contributed by atoms with Gasteiger partial charge in [0.05, 0.1) is 16.9 Å². The van der Waals surface area contributed by atoms with E-state index in [4.69, 9.17) is 4.84 Å². The van der Waals surface area contributed by atoms with Crippen molar-refractivity contribution in [3.05, 3.63) is 46.9 Å². The first-order valence-electron chi connectivity index (χ1n) is 7.85. The van der Waals surface area contributed by atoms with Crippen LogP contribution in [0.3, 0.4) is 0 Å². The van der Waals surface area contributed by atoms with E-state index in [0.717, 1.165) is 5.56 Å². The third kappa shape index (κ3) is 4.54. The number of pyridine rings is 1. The second kappa shape index (κ2) is 7.37. The number of carbonyl (C=O) groups excluding carboxylic acids is 1. The predicted molar refractivity (Wildman–Crippen MR) is 95.1 cm³/mol. The lowest BCUT2D eigenvalue weighted by atomic mass is 9.95. The number of aryl methyl sites for hydroxylation is 1. The second-order valence-electron chi connectivity index (χ2n) is 6.86. The van der Waals surface area contributed by atoms with Crippen LogP contribution in [-0.4, -0.2) is 24.3 Å². The summed E-state index contributed by atoms with van der Waals surface area (Å²) in [5.41, 5.74) is 1.92. The van der Waals surface area contributed by atoms with Crippen molar-refractivity contribution in [3.8, 4) is 0 Å². The molecule has 0 unspecified atom stereocenters. The van der Waals surface area contributed by atoms with Crippen molar-refractivity contribution >= 4 is 30.7 Å². The fourth-order valence-corrected chi connectivity index (χ4v) is 2.12. The molecule has 2 N–H and O–H groups in total. The van der Waals surface area contributed by atoms with E-state index in [2.05, 4.69) is 15.8 Å². The normalized spacial score (nSPS) is 11.3. The number of carbonyl (C=O) groups is 1. The lowest BCUT2D eigenvalue weighted by molar-refractivity contribution is -0.0589. The Morgan fingerprint density at radius 2 is 1.85 bits per heavy atom. The van der Waals surface area contributed by atoms with Crippen LogP contribution in [0.15, 0.2) is 18.3 Å². The molecule has 0 radical (unpaired) electrons. The van der Waals surface area contributed by atoms with Gasteiger partial charge in [-0.25, -0.2) is 23.6 Å². The molecule has 138 valence electrons. The smallest absolute Gasteiger partial charge is 0.277 e. The minimum absolute atomic E-state index is 0.214. The fraction of sp³-hybridized carbons (Fsp3) is 0.294. The molecule has 5 nitrogen and oxygen atoms in total. The zero-order valence-corrected chi connectivity index (χ0v) is 15.1. The SMILES string of the molecule is Bc1cc(C)cnc1Nc1c(C(=O)NOC(C)(C)C)cc(F)c(F)c1F. The van der Waals surface area contributed by atoms with Gasteiger partial charge in [-0.1, -0.05) is 6.07 Å². The second-order valence-corrected chi connectivity index (χ2v) is 6.86. The molecule has 0 bridgehead atoms. The maximum atomic E-state index is 14.3. The van der Waals surface area contributed by atoms with Crippen LogP contribution in [0.25, 0.3) is 0 Å². The summed E-state index contributed by atoms with van der Waals surface area (Å²) in [4.78, 5) is 21.5. The molecular formula is C17H19BF3N3O2. The number of amides is 1. The van der Waals surface area contributed by atoms with Crippen LogP contribution in [0.5, 0.6) is 0 Å². The Balaban J connectivity index is 2.46. The van der Waals surface area contributed by atoms with Crippen molar-refractivity contribution in [2.75, 3.05) is 5.32 Å². The lowest BCUT2D eigenvalue weighted by Crippen LogP contribution is -2.34. The predicted octanol–water partition coefficient (Wildman–Crippen LogP) is 2.27. The molecule has 26 heavy (non-hydrogen) atoms. The van der Waals surface area contributed by atoms with Crippen LogP contribution in [0.1, 0.15) is 36.7 Å². The first kappa shape index (κ1) is 19.8. The highest BCUT2D eigenvalue weighted by molar-refractivity contribution is 6.35. The Labute approximate surface area is 150 Å². The molecule has 0 spiro atoms. The first-order chi connectivity index (χ1) is 12.0. The van der Waals surface area contributed by atoms with E-state index in [-0.39, 0.29) is 5.82 Å². The Bertz CT molecular complexity index is 854. The molecular weight excluding hydrogens is 346 g/mol. The van der Waals surface area contributed by atoms with Crippen molar-refractivity contribution in [2.24, 2.45) is 0 Å². The van der Waals surface area contributed by atoms with E-state index >= 15 is 0 Å². The molecule has 0 saturated carbocycles. The van der Waals surface area contributed by atoms with E-state index in [0.29, 0.717) is 11.5 Å². The number of hydrogen-bond acceptors (Lipinski definition) is 4. The van der Waals surface area contributed by atoms with Crippen LogP contribution < -0.4 is 16.3 Å². The Morgan fingerprint density at radius 1 is 1.19 bits per heavy atom. The largest absolute Gasteiger partial charge is 0.338 e. The number of hydrogen-bond donors (Lipinski definition) is 2. The number of hydroxylamine groups is 1. The van der Waals surface area contributed by atoms with Crippen LogP contribution in [-0.2, 0) is 4.84 Å². The van der Waals surface area contributed by atoms with E-state index in [1.165, 1.54) is 6.20 Å². The van der Waals surface area contributed by atoms with Gasteiger partial charge in [0.1, 0.15) is 13.7 Å². The fourth-order valence-electron chi connectivity index (χ4n) is 2.12. The molecule has 1 aromatic carbocycles. The van der Waals surface area contributed by atoms with Crippen LogP contribution in [0.4, 0.5) is 24.7 Å². The number of halogens is 3. The third-order valence-electron chi connectivity index (χ3n) is 3.32. The van der Waals surface area contributed by atoms with E-state index < -0.39 is 40.2 Å².